The summed E-state index contributed by atoms with van der Waals surface area (Å²) in [6.07, 6.45) is 8.55. The zero-order valence-electron chi connectivity index (χ0n) is 14.5. The fourth-order valence-corrected chi connectivity index (χ4v) is 3.92. The van der Waals surface area contributed by atoms with Gasteiger partial charge in [0.05, 0.1) is 6.61 Å². The normalized spacial score (nSPS) is 24.4. The first-order valence-corrected chi connectivity index (χ1v) is 10.4. The van der Waals surface area contributed by atoms with Gasteiger partial charge in [0.25, 0.3) is 0 Å². The van der Waals surface area contributed by atoms with Crippen LogP contribution in [0.25, 0.3) is 0 Å². The summed E-state index contributed by atoms with van der Waals surface area (Å²) in [5.74, 6) is 0.338. The van der Waals surface area contributed by atoms with Crippen LogP contribution in [0.2, 0.25) is 0 Å². The molecule has 0 unspecified atom stereocenters. The molecule has 0 bridgehead atoms. The van der Waals surface area contributed by atoms with Gasteiger partial charge in [0.15, 0.2) is 0 Å². The highest BCUT2D eigenvalue weighted by Crippen LogP contribution is 2.43. The van der Waals surface area contributed by atoms with Crippen LogP contribution < -0.4 is 5.73 Å². The van der Waals surface area contributed by atoms with Gasteiger partial charge in [-0.1, -0.05) is 50.5 Å². The van der Waals surface area contributed by atoms with Crippen molar-refractivity contribution >= 4 is 7.82 Å². The Bertz CT molecular complexity index is 557. The summed E-state index contributed by atoms with van der Waals surface area (Å²) in [6, 6.07) is 8.75. The van der Waals surface area contributed by atoms with Crippen molar-refractivity contribution in [1.29, 1.82) is 0 Å². The van der Waals surface area contributed by atoms with E-state index in [2.05, 4.69) is 35.7 Å². The Balaban J connectivity index is 1.85. The molecule has 0 aromatic heterocycles. The van der Waals surface area contributed by atoms with Gasteiger partial charge in [-0.3, -0.25) is 4.52 Å². The van der Waals surface area contributed by atoms with Crippen molar-refractivity contribution < 1.29 is 18.9 Å². The molecule has 136 valence electrons. The average Bonchev–Trinajstić information content (AvgIpc) is 2.93. The van der Waals surface area contributed by atoms with E-state index in [1.807, 2.05) is 0 Å². The highest BCUT2D eigenvalue weighted by atomic mass is 31.2. The molecule has 1 saturated carbocycles. The fourth-order valence-electron chi connectivity index (χ4n) is 3.50. The third-order valence-electron chi connectivity index (χ3n) is 4.93. The zero-order chi connectivity index (χ0) is 17.6. The van der Waals surface area contributed by atoms with Crippen molar-refractivity contribution in [3.63, 3.8) is 0 Å². The van der Waals surface area contributed by atoms with Crippen LogP contribution in [0.1, 0.15) is 68.9 Å². The van der Waals surface area contributed by atoms with E-state index in [-0.39, 0.29) is 6.61 Å². The number of aryl methyl sites for hydroxylation is 1. The first kappa shape index (κ1) is 19.6. The van der Waals surface area contributed by atoms with Crippen LogP contribution in [0.3, 0.4) is 0 Å². The van der Waals surface area contributed by atoms with Gasteiger partial charge in [-0.05, 0) is 49.1 Å². The Kier molecular flexibility index (Phi) is 7.02. The second kappa shape index (κ2) is 8.59. The molecule has 0 saturated heterocycles. The first-order valence-electron chi connectivity index (χ1n) is 8.89. The van der Waals surface area contributed by atoms with Crippen LogP contribution in [0.4, 0.5) is 0 Å². The second-order valence-electron chi connectivity index (χ2n) is 7.12. The number of hydrogen-bond donors (Lipinski definition) is 3. The number of unbranched alkanes of at least 4 members (excludes halogenated alkanes) is 3. The number of hydrogen-bond acceptors (Lipinski definition) is 3. The lowest BCUT2D eigenvalue weighted by molar-refractivity contribution is 0.153. The summed E-state index contributed by atoms with van der Waals surface area (Å²) >= 11 is 0. The minimum absolute atomic E-state index is 0.0940. The van der Waals surface area contributed by atoms with E-state index in [0.717, 1.165) is 19.3 Å². The predicted octanol–water partition coefficient (Wildman–Crippen LogP) is 3.88. The van der Waals surface area contributed by atoms with Gasteiger partial charge < -0.3 is 15.5 Å². The minimum Gasteiger partial charge on any atom is -0.323 e. The van der Waals surface area contributed by atoms with Gasteiger partial charge in [-0.25, -0.2) is 4.57 Å². The van der Waals surface area contributed by atoms with Crippen molar-refractivity contribution in [1.82, 2.24) is 0 Å². The van der Waals surface area contributed by atoms with Crippen LogP contribution in [0, 0.1) is 0 Å². The lowest BCUT2D eigenvalue weighted by Crippen LogP contribution is -2.41. The van der Waals surface area contributed by atoms with Gasteiger partial charge in [0, 0.05) is 5.54 Å². The van der Waals surface area contributed by atoms with Crippen LogP contribution in [-0.2, 0) is 15.5 Å². The summed E-state index contributed by atoms with van der Waals surface area (Å²) < 4.78 is 15.5. The smallest absolute Gasteiger partial charge is 0.323 e. The highest BCUT2D eigenvalue weighted by molar-refractivity contribution is 7.46. The van der Waals surface area contributed by atoms with E-state index >= 15 is 0 Å². The molecule has 0 spiro atoms. The van der Waals surface area contributed by atoms with Crippen molar-refractivity contribution in [2.45, 2.75) is 69.7 Å². The van der Waals surface area contributed by atoms with E-state index in [4.69, 9.17) is 15.5 Å². The molecular weight excluding hydrogens is 325 g/mol. The molecule has 4 N–H and O–H groups in total. The molecule has 1 fully saturated rings. The number of nitrogens with two attached hydrogens (primary N) is 1. The van der Waals surface area contributed by atoms with Crippen LogP contribution in [-0.4, -0.2) is 21.9 Å². The maximum absolute atomic E-state index is 10.9. The van der Waals surface area contributed by atoms with Crippen LogP contribution in [0.5, 0.6) is 0 Å². The molecule has 1 aromatic rings. The monoisotopic (exact) mass is 355 g/mol. The third kappa shape index (κ3) is 6.30. The topological polar surface area (TPSA) is 92.8 Å². The van der Waals surface area contributed by atoms with Crippen LogP contribution in [0.15, 0.2) is 24.3 Å². The Morgan fingerprint density at radius 1 is 1.25 bits per heavy atom. The second-order valence-corrected chi connectivity index (χ2v) is 8.36. The van der Waals surface area contributed by atoms with E-state index in [0.29, 0.717) is 12.3 Å². The molecule has 0 amide bonds. The van der Waals surface area contributed by atoms with Gasteiger partial charge in [-0.15, -0.1) is 0 Å². The fraction of sp³-hybridized carbons (Fsp3) is 0.667. The molecule has 1 aliphatic carbocycles. The Labute approximate surface area is 144 Å². The van der Waals surface area contributed by atoms with Crippen molar-refractivity contribution in [2.24, 2.45) is 5.73 Å². The lowest BCUT2D eigenvalue weighted by Gasteiger charge is -2.24. The number of rotatable bonds is 9. The molecule has 2 atom stereocenters. The molecule has 0 radical (unpaired) electrons. The van der Waals surface area contributed by atoms with Gasteiger partial charge in [0.2, 0.25) is 0 Å². The molecule has 0 heterocycles. The van der Waals surface area contributed by atoms with Gasteiger partial charge in [0.1, 0.15) is 0 Å². The predicted molar refractivity (Wildman–Crippen MR) is 95.8 cm³/mol. The summed E-state index contributed by atoms with van der Waals surface area (Å²) in [5, 5.41) is 0. The van der Waals surface area contributed by atoms with E-state index in [1.54, 1.807) is 0 Å². The molecule has 0 aliphatic heterocycles. The van der Waals surface area contributed by atoms with E-state index in [1.165, 1.54) is 36.8 Å². The van der Waals surface area contributed by atoms with E-state index in [9.17, 15) is 4.57 Å². The number of phosphoric ester groups is 1. The summed E-state index contributed by atoms with van der Waals surface area (Å²) in [7, 11) is -4.46. The van der Waals surface area contributed by atoms with Crippen molar-refractivity contribution in [3.8, 4) is 0 Å². The van der Waals surface area contributed by atoms with Crippen LogP contribution >= 0.6 is 7.82 Å². The summed E-state index contributed by atoms with van der Waals surface area (Å²) in [6.45, 7) is 2.13. The quantitative estimate of drug-likeness (QED) is 0.462. The van der Waals surface area contributed by atoms with Crippen molar-refractivity contribution in [3.05, 3.63) is 35.4 Å². The number of benzene rings is 1. The minimum atomic E-state index is -4.46. The number of phosphoric acid groups is 1. The van der Waals surface area contributed by atoms with E-state index < -0.39 is 13.4 Å². The average molecular weight is 355 g/mol. The maximum Gasteiger partial charge on any atom is 0.469 e. The van der Waals surface area contributed by atoms with Gasteiger partial charge in [-0.2, -0.15) is 0 Å². The SMILES string of the molecule is CCCCCCc1ccc([C@@H]2CC[C@@](N)(COP(=O)(O)O)C2)cc1. The molecule has 2 rings (SSSR count). The third-order valence-corrected chi connectivity index (χ3v) is 5.40. The lowest BCUT2D eigenvalue weighted by atomic mass is 9.92. The zero-order valence-corrected chi connectivity index (χ0v) is 15.4. The Hall–Kier alpha value is -0.710. The van der Waals surface area contributed by atoms with Crippen molar-refractivity contribution in [2.75, 3.05) is 6.61 Å². The van der Waals surface area contributed by atoms with Gasteiger partial charge >= 0.3 is 7.82 Å². The highest BCUT2D eigenvalue weighted by Gasteiger charge is 2.38. The molecule has 1 aliphatic rings. The standard InChI is InChI=1S/C18H30NO4P/c1-2-3-4-5-6-15-7-9-16(10-8-15)17-11-12-18(19,13-17)14-23-24(20,21)22/h7-10,17H,2-6,11-14,19H2,1H3,(H2,20,21,22)/t17-,18+/m1/s1. The summed E-state index contributed by atoms with van der Waals surface area (Å²) in [5.41, 5.74) is 8.23. The molecular formula is C18H30NO4P. The first-order chi connectivity index (χ1) is 11.3. The molecule has 6 heteroatoms. The molecule has 5 nitrogen and oxygen atoms in total. The Morgan fingerprint density at radius 3 is 2.58 bits per heavy atom. The Morgan fingerprint density at radius 2 is 1.96 bits per heavy atom. The maximum atomic E-state index is 10.9. The molecule has 24 heavy (non-hydrogen) atoms. The summed E-state index contributed by atoms with van der Waals surface area (Å²) in [4.78, 5) is 17.7. The molecule has 1 aromatic carbocycles. The largest absolute Gasteiger partial charge is 0.469 e.